The molecule has 1 aromatic rings. The van der Waals surface area contributed by atoms with Gasteiger partial charge in [0.1, 0.15) is 17.6 Å². The Hall–Kier alpha value is -1.67. The van der Waals surface area contributed by atoms with Crippen LogP contribution < -0.4 is 4.74 Å². The van der Waals surface area contributed by atoms with Gasteiger partial charge in [0.2, 0.25) is 0 Å². The number of rotatable bonds is 1. The SMILES string of the molecule is CN(C)C(=S)Oc1ccc(C#N)c(F)c1. The number of ether oxygens (including phenoxy) is 1. The number of hydrogen-bond donors (Lipinski definition) is 0. The monoisotopic (exact) mass is 224 g/mol. The van der Waals surface area contributed by atoms with Crippen molar-refractivity contribution in [2.45, 2.75) is 0 Å². The first-order valence-corrected chi connectivity index (χ1v) is 4.54. The molecule has 0 saturated heterocycles. The lowest BCUT2D eigenvalue weighted by molar-refractivity contribution is 0.446. The molecule has 0 fully saturated rings. The first-order valence-electron chi connectivity index (χ1n) is 4.13. The Morgan fingerprint density at radius 1 is 1.53 bits per heavy atom. The van der Waals surface area contributed by atoms with Crippen molar-refractivity contribution in [1.82, 2.24) is 4.90 Å². The quantitative estimate of drug-likeness (QED) is 0.683. The standard InChI is InChI=1S/C10H9FN2OS/c1-13(2)10(15)14-8-4-3-7(6-12)9(11)5-8/h3-5H,1-2H3. The van der Waals surface area contributed by atoms with Gasteiger partial charge in [-0.15, -0.1) is 0 Å². The van der Waals surface area contributed by atoms with Gasteiger partial charge in [-0.05, 0) is 24.4 Å². The van der Waals surface area contributed by atoms with Gasteiger partial charge >= 0.3 is 0 Å². The minimum atomic E-state index is -0.614. The average molecular weight is 224 g/mol. The van der Waals surface area contributed by atoms with Crippen LogP contribution >= 0.6 is 12.2 Å². The van der Waals surface area contributed by atoms with Gasteiger partial charge in [0.25, 0.3) is 5.17 Å². The van der Waals surface area contributed by atoms with Gasteiger partial charge in [0, 0.05) is 20.2 Å². The number of halogens is 1. The van der Waals surface area contributed by atoms with E-state index in [1.807, 2.05) is 0 Å². The normalized spacial score (nSPS) is 9.20. The fourth-order valence-electron chi connectivity index (χ4n) is 0.842. The second-order valence-electron chi connectivity index (χ2n) is 3.02. The van der Waals surface area contributed by atoms with Crippen molar-refractivity contribution in [3.05, 3.63) is 29.6 Å². The van der Waals surface area contributed by atoms with Crippen LogP contribution in [0, 0.1) is 17.1 Å². The molecule has 0 unspecified atom stereocenters. The first kappa shape index (κ1) is 11.4. The molecule has 0 radical (unpaired) electrons. The molecule has 0 aliphatic heterocycles. The third-order valence-electron chi connectivity index (χ3n) is 1.63. The van der Waals surface area contributed by atoms with Gasteiger partial charge in [0.15, 0.2) is 0 Å². The lowest BCUT2D eigenvalue weighted by Gasteiger charge is -2.13. The molecule has 3 nitrogen and oxygen atoms in total. The van der Waals surface area contributed by atoms with Crippen molar-refractivity contribution < 1.29 is 9.13 Å². The van der Waals surface area contributed by atoms with E-state index in [1.165, 1.54) is 12.1 Å². The highest BCUT2D eigenvalue weighted by molar-refractivity contribution is 7.80. The zero-order valence-corrected chi connectivity index (χ0v) is 9.14. The summed E-state index contributed by atoms with van der Waals surface area (Å²) in [7, 11) is 3.45. The summed E-state index contributed by atoms with van der Waals surface area (Å²) in [4.78, 5) is 1.59. The molecule has 1 aromatic carbocycles. The second kappa shape index (κ2) is 4.71. The smallest absolute Gasteiger partial charge is 0.264 e. The number of nitriles is 1. The Balaban J connectivity index is 2.86. The van der Waals surface area contributed by atoms with E-state index >= 15 is 0 Å². The summed E-state index contributed by atoms with van der Waals surface area (Å²) in [6, 6.07) is 5.71. The highest BCUT2D eigenvalue weighted by Gasteiger charge is 2.06. The molecular formula is C10H9FN2OS. The maximum absolute atomic E-state index is 13.1. The van der Waals surface area contributed by atoms with Crippen LogP contribution in [0.2, 0.25) is 0 Å². The van der Waals surface area contributed by atoms with Gasteiger partial charge in [-0.2, -0.15) is 5.26 Å². The minimum absolute atomic E-state index is 0.0156. The highest BCUT2D eigenvalue weighted by Crippen LogP contribution is 2.16. The predicted octanol–water partition coefficient (Wildman–Crippen LogP) is 1.92. The third kappa shape index (κ3) is 2.89. The zero-order valence-electron chi connectivity index (χ0n) is 8.32. The van der Waals surface area contributed by atoms with Gasteiger partial charge in [-0.3, -0.25) is 0 Å². The van der Waals surface area contributed by atoms with Crippen LogP contribution in [0.25, 0.3) is 0 Å². The van der Waals surface area contributed by atoms with Crippen LogP contribution in [0.5, 0.6) is 5.75 Å². The molecule has 1 rings (SSSR count). The average Bonchev–Trinajstić information content (AvgIpc) is 2.18. The van der Waals surface area contributed by atoms with E-state index in [2.05, 4.69) is 0 Å². The molecule has 0 bridgehead atoms. The Kier molecular flexibility index (Phi) is 3.58. The Morgan fingerprint density at radius 3 is 2.67 bits per heavy atom. The molecule has 0 saturated carbocycles. The van der Waals surface area contributed by atoms with E-state index in [0.29, 0.717) is 0 Å². The molecule has 0 aromatic heterocycles. The molecular weight excluding hydrogens is 215 g/mol. The van der Waals surface area contributed by atoms with Crippen molar-refractivity contribution in [1.29, 1.82) is 5.26 Å². The lowest BCUT2D eigenvalue weighted by atomic mass is 10.2. The van der Waals surface area contributed by atoms with Crippen LogP contribution in [0.4, 0.5) is 4.39 Å². The number of thiocarbonyl (C=S) groups is 1. The number of benzene rings is 1. The van der Waals surface area contributed by atoms with E-state index in [9.17, 15) is 4.39 Å². The zero-order chi connectivity index (χ0) is 11.4. The van der Waals surface area contributed by atoms with E-state index in [4.69, 9.17) is 22.2 Å². The number of nitrogens with zero attached hydrogens (tertiary/aromatic N) is 2. The Morgan fingerprint density at radius 2 is 2.20 bits per heavy atom. The van der Waals surface area contributed by atoms with E-state index in [0.717, 1.165) is 6.07 Å². The van der Waals surface area contributed by atoms with Crippen LogP contribution in [-0.2, 0) is 0 Å². The second-order valence-corrected chi connectivity index (χ2v) is 3.37. The third-order valence-corrected chi connectivity index (χ3v) is 2.08. The van der Waals surface area contributed by atoms with Crippen LogP contribution in [0.15, 0.2) is 18.2 Å². The fourth-order valence-corrected chi connectivity index (χ4v) is 0.938. The molecule has 5 heteroatoms. The molecule has 0 heterocycles. The summed E-state index contributed by atoms with van der Waals surface area (Å²) in [6.07, 6.45) is 0. The maximum atomic E-state index is 13.1. The fraction of sp³-hybridized carbons (Fsp3) is 0.200. The molecule has 0 aliphatic carbocycles. The Bertz CT molecular complexity index is 426. The molecule has 0 atom stereocenters. The van der Waals surface area contributed by atoms with Crippen molar-refractivity contribution in [2.24, 2.45) is 0 Å². The molecule has 0 aliphatic rings. The van der Waals surface area contributed by atoms with Crippen molar-refractivity contribution in [3.8, 4) is 11.8 Å². The van der Waals surface area contributed by atoms with E-state index in [-0.39, 0.29) is 16.5 Å². The molecule has 78 valence electrons. The van der Waals surface area contributed by atoms with Crippen molar-refractivity contribution in [3.63, 3.8) is 0 Å². The van der Waals surface area contributed by atoms with Crippen molar-refractivity contribution >= 4 is 17.4 Å². The Labute approximate surface area is 92.7 Å². The molecule has 15 heavy (non-hydrogen) atoms. The van der Waals surface area contributed by atoms with Crippen LogP contribution in [0.1, 0.15) is 5.56 Å². The van der Waals surface area contributed by atoms with Gasteiger partial charge < -0.3 is 9.64 Å². The molecule has 0 amide bonds. The van der Waals surface area contributed by atoms with Gasteiger partial charge in [0.05, 0.1) is 5.56 Å². The van der Waals surface area contributed by atoms with Crippen LogP contribution in [0.3, 0.4) is 0 Å². The van der Waals surface area contributed by atoms with E-state index in [1.54, 1.807) is 25.1 Å². The largest absolute Gasteiger partial charge is 0.432 e. The van der Waals surface area contributed by atoms with Gasteiger partial charge in [-0.25, -0.2) is 4.39 Å². The maximum Gasteiger partial charge on any atom is 0.264 e. The molecule has 0 N–H and O–H groups in total. The topological polar surface area (TPSA) is 36.3 Å². The summed E-state index contributed by atoms with van der Waals surface area (Å²) < 4.78 is 18.3. The summed E-state index contributed by atoms with van der Waals surface area (Å²) in [6.45, 7) is 0. The highest BCUT2D eigenvalue weighted by atomic mass is 32.1. The van der Waals surface area contributed by atoms with Gasteiger partial charge in [-0.1, -0.05) is 0 Å². The summed E-state index contributed by atoms with van der Waals surface area (Å²) in [5.74, 6) is -0.332. The molecule has 0 spiro atoms. The number of hydrogen-bond acceptors (Lipinski definition) is 3. The lowest BCUT2D eigenvalue weighted by Crippen LogP contribution is -2.25. The van der Waals surface area contributed by atoms with E-state index < -0.39 is 5.82 Å². The van der Waals surface area contributed by atoms with Crippen LogP contribution in [-0.4, -0.2) is 24.2 Å². The summed E-state index contributed by atoms with van der Waals surface area (Å²) in [5, 5.41) is 8.75. The first-order chi connectivity index (χ1) is 7.04. The predicted molar refractivity (Wildman–Crippen MR) is 58.0 cm³/mol. The summed E-state index contributed by atoms with van der Waals surface area (Å²) in [5.41, 5.74) is -0.0156. The minimum Gasteiger partial charge on any atom is -0.432 e. The summed E-state index contributed by atoms with van der Waals surface area (Å²) >= 11 is 4.88. The van der Waals surface area contributed by atoms with Crippen molar-refractivity contribution in [2.75, 3.05) is 14.1 Å².